The van der Waals surface area contributed by atoms with Crippen molar-refractivity contribution in [3.63, 3.8) is 0 Å². The van der Waals surface area contributed by atoms with Crippen LogP contribution in [0.25, 0.3) is 5.69 Å². The minimum absolute atomic E-state index is 0.199. The van der Waals surface area contributed by atoms with E-state index in [1.54, 1.807) is 0 Å². The summed E-state index contributed by atoms with van der Waals surface area (Å²) in [6.07, 6.45) is -0.486. The number of aromatic nitrogens is 2. The molecule has 118 valence electrons. The molecule has 0 saturated carbocycles. The third-order valence-corrected chi connectivity index (χ3v) is 4.12. The van der Waals surface area contributed by atoms with Gasteiger partial charge in [0, 0.05) is 6.54 Å². The lowest BCUT2D eigenvalue weighted by Crippen LogP contribution is -2.24. The van der Waals surface area contributed by atoms with Crippen molar-refractivity contribution in [1.82, 2.24) is 9.13 Å². The Kier molecular flexibility index (Phi) is 2.86. The first-order valence-electron chi connectivity index (χ1n) is 7.19. The molecule has 8 nitrogen and oxygen atoms in total. The van der Waals surface area contributed by atoms with Crippen LogP contribution in [0.3, 0.4) is 0 Å². The molecule has 1 aromatic carbocycles. The molecule has 3 heterocycles. The number of hydrogen-bond acceptors (Lipinski definition) is 6. The van der Waals surface area contributed by atoms with E-state index in [-0.39, 0.29) is 35.4 Å². The van der Waals surface area contributed by atoms with Crippen molar-refractivity contribution >= 4 is 0 Å². The van der Waals surface area contributed by atoms with Gasteiger partial charge < -0.3 is 19.7 Å². The fourth-order valence-electron chi connectivity index (χ4n) is 3.09. The Hall–Kier alpha value is -2.92. The molecule has 0 bridgehead atoms. The summed E-state index contributed by atoms with van der Waals surface area (Å²) in [6, 6.07) is 5.04. The monoisotopic (exact) mass is 315 g/mol. The summed E-state index contributed by atoms with van der Waals surface area (Å²) in [5.74, 6) is 0.182. The second kappa shape index (κ2) is 4.79. The molecule has 0 radical (unpaired) electrons. The van der Waals surface area contributed by atoms with Gasteiger partial charge in [-0.15, -0.1) is 0 Å². The predicted octanol–water partition coefficient (Wildman–Crippen LogP) is 0.425. The quantitative estimate of drug-likeness (QED) is 0.789. The SMILES string of the molecule is N#Cc1ccc(-n2c(O)c3n(c2=O)CC[C@H]3O)c2c1OCCO2. The van der Waals surface area contributed by atoms with Gasteiger partial charge in [0.05, 0.1) is 11.3 Å². The minimum atomic E-state index is -0.879. The fourth-order valence-corrected chi connectivity index (χ4v) is 3.09. The number of hydrogen-bond donors (Lipinski definition) is 2. The van der Waals surface area contributed by atoms with Crippen LogP contribution in [0, 0.1) is 11.3 Å². The number of nitrogens with zero attached hydrogens (tertiary/aromatic N) is 3. The summed E-state index contributed by atoms with van der Waals surface area (Å²) in [5.41, 5.74) is 0.318. The third kappa shape index (κ3) is 1.77. The Morgan fingerprint density at radius 3 is 2.70 bits per heavy atom. The molecule has 23 heavy (non-hydrogen) atoms. The molecule has 2 N–H and O–H groups in total. The van der Waals surface area contributed by atoms with Crippen molar-refractivity contribution < 1.29 is 19.7 Å². The Labute approximate surface area is 130 Å². The smallest absolute Gasteiger partial charge is 0.336 e. The van der Waals surface area contributed by atoms with E-state index in [0.29, 0.717) is 25.1 Å². The molecule has 0 spiro atoms. The van der Waals surface area contributed by atoms with Gasteiger partial charge in [0.15, 0.2) is 11.5 Å². The first-order chi connectivity index (χ1) is 11.1. The lowest BCUT2D eigenvalue weighted by Gasteiger charge is -2.22. The number of ether oxygens (including phenoxy) is 2. The average molecular weight is 315 g/mol. The normalized spacial score (nSPS) is 18.5. The molecule has 2 aromatic rings. The molecule has 0 unspecified atom stereocenters. The predicted molar refractivity (Wildman–Crippen MR) is 77.0 cm³/mol. The number of aromatic hydroxyl groups is 1. The lowest BCUT2D eigenvalue weighted by atomic mass is 10.1. The van der Waals surface area contributed by atoms with Gasteiger partial charge in [-0.1, -0.05) is 0 Å². The van der Waals surface area contributed by atoms with Gasteiger partial charge in [0.2, 0.25) is 5.88 Å². The molecule has 4 rings (SSSR count). The van der Waals surface area contributed by atoms with Crippen molar-refractivity contribution in [2.75, 3.05) is 13.2 Å². The Balaban J connectivity index is 1.99. The fraction of sp³-hybridized carbons (Fsp3) is 0.333. The van der Waals surface area contributed by atoms with Gasteiger partial charge in [-0.3, -0.25) is 4.57 Å². The third-order valence-electron chi connectivity index (χ3n) is 4.12. The van der Waals surface area contributed by atoms with Crippen LogP contribution in [-0.2, 0) is 6.54 Å². The Bertz CT molecular complexity index is 905. The molecule has 2 aliphatic rings. The minimum Gasteiger partial charge on any atom is -0.493 e. The van der Waals surface area contributed by atoms with Crippen LogP contribution in [-0.4, -0.2) is 32.6 Å². The van der Waals surface area contributed by atoms with E-state index in [9.17, 15) is 15.0 Å². The Morgan fingerprint density at radius 2 is 2.00 bits per heavy atom. The summed E-state index contributed by atoms with van der Waals surface area (Å²) >= 11 is 0. The number of benzene rings is 1. The van der Waals surface area contributed by atoms with Crippen molar-refractivity contribution in [2.45, 2.75) is 19.1 Å². The van der Waals surface area contributed by atoms with E-state index >= 15 is 0 Å². The Morgan fingerprint density at radius 1 is 1.26 bits per heavy atom. The summed E-state index contributed by atoms with van der Waals surface area (Å²) in [4.78, 5) is 12.6. The van der Waals surface area contributed by atoms with E-state index in [0.717, 1.165) is 4.57 Å². The van der Waals surface area contributed by atoms with Crippen LogP contribution in [0.15, 0.2) is 16.9 Å². The van der Waals surface area contributed by atoms with E-state index in [2.05, 4.69) is 0 Å². The van der Waals surface area contributed by atoms with Crippen LogP contribution in [0.1, 0.15) is 23.8 Å². The molecular weight excluding hydrogens is 302 g/mol. The summed E-state index contributed by atoms with van der Waals surface area (Å²) in [5, 5.41) is 29.5. The number of aliphatic hydroxyl groups is 1. The van der Waals surface area contributed by atoms with Crippen molar-refractivity contribution in [1.29, 1.82) is 5.26 Å². The number of aliphatic hydroxyl groups excluding tert-OH is 1. The number of fused-ring (bicyclic) bond motifs is 2. The summed E-state index contributed by atoms with van der Waals surface area (Å²) in [6.45, 7) is 0.920. The maximum Gasteiger partial charge on any atom is 0.336 e. The van der Waals surface area contributed by atoms with Crippen LogP contribution in [0.4, 0.5) is 0 Å². The number of rotatable bonds is 1. The van der Waals surface area contributed by atoms with Crippen LogP contribution >= 0.6 is 0 Å². The zero-order valence-corrected chi connectivity index (χ0v) is 12.0. The van der Waals surface area contributed by atoms with Gasteiger partial charge in [0.1, 0.15) is 31.1 Å². The molecule has 2 aliphatic heterocycles. The maximum atomic E-state index is 12.6. The molecule has 0 aliphatic carbocycles. The van der Waals surface area contributed by atoms with E-state index in [4.69, 9.17) is 14.7 Å². The molecule has 0 fully saturated rings. The molecule has 0 saturated heterocycles. The van der Waals surface area contributed by atoms with Crippen LogP contribution in [0.2, 0.25) is 0 Å². The average Bonchev–Trinajstić information content (AvgIpc) is 3.07. The standard InChI is InChI=1S/C15H13N3O5/c16-7-8-1-2-9(13-12(8)22-5-6-23-13)18-14(20)11-10(19)3-4-17(11)15(18)21/h1-2,10,19-20H,3-6H2/t10-/m1/s1. The van der Waals surface area contributed by atoms with Gasteiger partial charge in [-0.2, -0.15) is 5.26 Å². The van der Waals surface area contributed by atoms with Gasteiger partial charge in [-0.25, -0.2) is 9.36 Å². The molecule has 8 heteroatoms. The number of imidazole rings is 1. The zero-order valence-electron chi connectivity index (χ0n) is 12.0. The molecule has 0 amide bonds. The largest absolute Gasteiger partial charge is 0.493 e. The lowest BCUT2D eigenvalue weighted by molar-refractivity contribution is 0.169. The van der Waals surface area contributed by atoms with E-state index in [1.807, 2.05) is 6.07 Å². The highest BCUT2D eigenvalue weighted by molar-refractivity contribution is 5.64. The van der Waals surface area contributed by atoms with E-state index < -0.39 is 11.8 Å². The molecular formula is C15H13N3O5. The van der Waals surface area contributed by atoms with Crippen LogP contribution in [0.5, 0.6) is 17.4 Å². The highest BCUT2D eigenvalue weighted by Crippen LogP contribution is 2.41. The maximum absolute atomic E-state index is 12.6. The summed E-state index contributed by atoms with van der Waals surface area (Å²) < 4.78 is 13.5. The zero-order chi connectivity index (χ0) is 16.1. The van der Waals surface area contributed by atoms with Crippen molar-refractivity contribution in [3.05, 3.63) is 33.9 Å². The van der Waals surface area contributed by atoms with Crippen molar-refractivity contribution in [2.24, 2.45) is 0 Å². The van der Waals surface area contributed by atoms with Gasteiger partial charge >= 0.3 is 5.69 Å². The topological polar surface area (TPSA) is 110 Å². The van der Waals surface area contributed by atoms with Gasteiger partial charge in [0.25, 0.3) is 0 Å². The highest BCUT2D eigenvalue weighted by Gasteiger charge is 2.33. The number of nitriles is 1. The molecule has 1 atom stereocenters. The highest BCUT2D eigenvalue weighted by atomic mass is 16.6. The summed E-state index contributed by atoms with van der Waals surface area (Å²) in [7, 11) is 0. The van der Waals surface area contributed by atoms with Crippen molar-refractivity contribution in [3.8, 4) is 29.1 Å². The van der Waals surface area contributed by atoms with E-state index in [1.165, 1.54) is 16.7 Å². The second-order valence-corrected chi connectivity index (χ2v) is 5.38. The first kappa shape index (κ1) is 13.7. The molecule has 1 aromatic heterocycles. The van der Waals surface area contributed by atoms with Gasteiger partial charge in [-0.05, 0) is 18.6 Å². The second-order valence-electron chi connectivity index (χ2n) is 5.38. The first-order valence-corrected chi connectivity index (χ1v) is 7.19. The van der Waals surface area contributed by atoms with Crippen LogP contribution < -0.4 is 15.2 Å².